The summed E-state index contributed by atoms with van der Waals surface area (Å²) in [6, 6.07) is 10.2. The lowest BCUT2D eigenvalue weighted by atomic mass is 10.0. The molecule has 0 unspecified atom stereocenters. The van der Waals surface area contributed by atoms with E-state index in [1.54, 1.807) is 11.8 Å². The molecule has 16 heavy (non-hydrogen) atoms. The summed E-state index contributed by atoms with van der Waals surface area (Å²) in [7, 11) is 0. The van der Waals surface area contributed by atoms with Gasteiger partial charge in [0.1, 0.15) is 5.78 Å². The van der Waals surface area contributed by atoms with Crippen LogP contribution in [-0.2, 0) is 4.79 Å². The maximum absolute atomic E-state index is 11.8. The quantitative estimate of drug-likeness (QED) is 0.718. The summed E-state index contributed by atoms with van der Waals surface area (Å²) in [6.07, 6.45) is 5.98. The molecule has 1 saturated carbocycles. The van der Waals surface area contributed by atoms with Gasteiger partial charge in [-0.05, 0) is 18.1 Å². The number of Topliss-reactive ketones (excluding diaryl/α,β-unsaturated/α-hetero) is 1. The summed E-state index contributed by atoms with van der Waals surface area (Å²) in [5.41, 5.74) is 0. The topological polar surface area (TPSA) is 17.1 Å². The van der Waals surface area contributed by atoms with Gasteiger partial charge in [0.05, 0.1) is 5.75 Å². The number of hydrogen-bond donors (Lipinski definition) is 0. The number of benzene rings is 1. The highest BCUT2D eigenvalue weighted by Crippen LogP contribution is 2.28. The lowest BCUT2D eigenvalue weighted by Crippen LogP contribution is -2.07. The van der Waals surface area contributed by atoms with Crippen molar-refractivity contribution in [3.63, 3.8) is 0 Å². The van der Waals surface area contributed by atoms with Gasteiger partial charge >= 0.3 is 0 Å². The number of thioether (sulfide) groups is 1. The van der Waals surface area contributed by atoms with Crippen molar-refractivity contribution in [2.45, 2.75) is 37.0 Å². The van der Waals surface area contributed by atoms with Crippen LogP contribution in [0.5, 0.6) is 0 Å². The van der Waals surface area contributed by atoms with Crippen molar-refractivity contribution in [2.24, 2.45) is 5.92 Å². The summed E-state index contributed by atoms with van der Waals surface area (Å²) < 4.78 is 0. The van der Waals surface area contributed by atoms with E-state index >= 15 is 0 Å². The van der Waals surface area contributed by atoms with Crippen LogP contribution in [0.3, 0.4) is 0 Å². The second kappa shape index (κ2) is 6.09. The number of hydrogen-bond acceptors (Lipinski definition) is 2. The van der Waals surface area contributed by atoms with Crippen LogP contribution >= 0.6 is 11.8 Å². The van der Waals surface area contributed by atoms with Gasteiger partial charge in [0.2, 0.25) is 0 Å². The molecule has 0 radical (unpaired) electrons. The van der Waals surface area contributed by atoms with Gasteiger partial charge < -0.3 is 0 Å². The summed E-state index contributed by atoms with van der Waals surface area (Å²) in [6.45, 7) is 0. The Hall–Kier alpha value is -0.760. The zero-order valence-corrected chi connectivity index (χ0v) is 10.3. The highest BCUT2D eigenvalue weighted by atomic mass is 32.2. The second-order valence-electron chi connectivity index (χ2n) is 4.50. The molecule has 0 bridgehead atoms. The molecule has 2 heteroatoms. The van der Waals surface area contributed by atoms with Gasteiger partial charge in [0.15, 0.2) is 0 Å². The zero-order chi connectivity index (χ0) is 11.2. The largest absolute Gasteiger partial charge is 0.299 e. The monoisotopic (exact) mass is 234 g/mol. The molecule has 86 valence electrons. The van der Waals surface area contributed by atoms with E-state index in [2.05, 4.69) is 12.1 Å². The minimum absolute atomic E-state index is 0.417. The van der Waals surface area contributed by atoms with E-state index in [9.17, 15) is 4.79 Å². The van der Waals surface area contributed by atoms with Crippen LogP contribution in [0.1, 0.15) is 32.1 Å². The fourth-order valence-corrected chi connectivity index (χ4v) is 3.07. The number of carbonyl (C=O) groups is 1. The fourth-order valence-electron chi connectivity index (χ4n) is 2.28. The molecule has 0 spiro atoms. The first-order chi connectivity index (χ1) is 7.84. The minimum Gasteiger partial charge on any atom is -0.299 e. The molecule has 0 amide bonds. The Morgan fingerprint density at radius 3 is 2.56 bits per heavy atom. The lowest BCUT2D eigenvalue weighted by Gasteiger charge is -2.07. The van der Waals surface area contributed by atoms with Gasteiger partial charge in [0.25, 0.3) is 0 Å². The van der Waals surface area contributed by atoms with Gasteiger partial charge in [0, 0.05) is 11.3 Å². The average molecular weight is 234 g/mol. The fraction of sp³-hybridized carbons (Fsp3) is 0.500. The summed E-state index contributed by atoms with van der Waals surface area (Å²) in [4.78, 5) is 12.9. The summed E-state index contributed by atoms with van der Waals surface area (Å²) in [5.74, 6) is 1.74. The third-order valence-electron chi connectivity index (χ3n) is 3.13. The molecule has 0 aliphatic heterocycles. The van der Waals surface area contributed by atoms with Crippen molar-refractivity contribution in [3.8, 4) is 0 Å². The predicted molar refractivity (Wildman–Crippen MR) is 68.7 cm³/mol. The molecule has 0 atom stereocenters. The highest BCUT2D eigenvalue weighted by Gasteiger charge is 2.18. The molecule has 0 heterocycles. The van der Waals surface area contributed by atoms with E-state index in [0.717, 1.165) is 6.42 Å². The molecular weight excluding hydrogens is 216 g/mol. The van der Waals surface area contributed by atoms with Crippen LogP contribution in [0, 0.1) is 5.92 Å². The standard InChI is InChI=1S/C14H18OS/c15-13(10-12-6-4-5-7-12)11-16-14-8-2-1-3-9-14/h1-3,8-9,12H,4-7,10-11H2. The highest BCUT2D eigenvalue weighted by molar-refractivity contribution is 8.00. The predicted octanol–water partition coefficient (Wildman–Crippen LogP) is 3.93. The molecule has 1 fully saturated rings. The Bertz CT molecular complexity index is 328. The van der Waals surface area contributed by atoms with Crippen LogP contribution in [0.15, 0.2) is 35.2 Å². The molecule has 2 rings (SSSR count). The van der Waals surface area contributed by atoms with E-state index in [-0.39, 0.29) is 0 Å². The van der Waals surface area contributed by atoms with Crippen LogP contribution in [0.4, 0.5) is 0 Å². The maximum Gasteiger partial charge on any atom is 0.143 e. The van der Waals surface area contributed by atoms with E-state index < -0.39 is 0 Å². The van der Waals surface area contributed by atoms with Crippen LogP contribution in [0.25, 0.3) is 0 Å². The number of rotatable bonds is 5. The third-order valence-corrected chi connectivity index (χ3v) is 4.21. The van der Waals surface area contributed by atoms with E-state index in [1.165, 1.54) is 30.6 Å². The third kappa shape index (κ3) is 3.67. The van der Waals surface area contributed by atoms with E-state index in [1.807, 2.05) is 18.2 Å². The van der Waals surface area contributed by atoms with Gasteiger partial charge in [-0.25, -0.2) is 0 Å². The zero-order valence-electron chi connectivity index (χ0n) is 9.52. The Labute approximate surface area is 102 Å². The van der Waals surface area contributed by atoms with Gasteiger partial charge in [-0.15, -0.1) is 11.8 Å². The summed E-state index contributed by atoms with van der Waals surface area (Å²) in [5, 5.41) is 0. The van der Waals surface area contributed by atoms with Crippen molar-refractivity contribution in [1.29, 1.82) is 0 Å². The minimum atomic E-state index is 0.417. The smallest absolute Gasteiger partial charge is 0.143 e. The Balaban J connectivity index is 1.71. The molecule has 0 aromatic heterocycles. The Morgan fingerprint density at radius 2 is 1.88 bits per heavy atom. The molecule has 1 aliphatic carbocycles. The van der Waals surface area contributed by atoms with Crippen molar-refractivity contribution >= 4 is 17.5 Å². The lowest BCUT2D eigenvalue weighted by molar-refractivity contribution is -0.117. The van der Waals surface area contributed by atoms with E-state index in [4.69, 9.17) is 0 Å². The Kier molecular flexibility index (Phi) is 4.46. The molecular formula is C14H18OS. The second-order valence-corrected chi connectivity index (χ2v) is 5.54. The van der Waals surface area contributed by atoms with E-state index in [0.29, 0.717) is 17.5 Å². The first-order valence-corrected chi connectivity index (χ1v) is 7.03. The molecule has 1 aliphatic rings. The van der Waals surface area contributed by atoms with Gasteiger partial charge in [-0.2, -0.15) is 0 Å². The van der Waals surface area contributed by atoms with Crippen molar-refractivity contribution in [1.82, 2.24) is 0 Å². The molecule has 1 aromatic carbocycles. The Morgan fingerprint density at radius 1 is 1.19 bits per heavy atom. The summed E-state index contributed by atoms with van der Waals surface area (Å²) >= 11 is 1.66. The molecule has 1 aromatic rings. The van der Waals surface area contributed by atoms with Crippen LogP contribution in [-0.4, -0.2) is 11.5 Å². The maximum atomic E-state index is 11.8. The van der Waals surface area contributed by atoms with Crippen molar-refractivity contribution in [3.05, 3.63) is 30.3 Å². The van der Waals surface area contributed by atoms with Crippen molar-refractivity contribution < 1.29 is 4.79 Å². The first-order valence-electron chi connectivity index (χ1n) is 6.04. The normalized spacial score (nSPS) is 16.5. The molecule has 0 saturated heterocycles. The SMILES string of the molecule is O=C(CSc1ccccc1)CC1CCCC1. The first kappa shape index (κ1) is 11.7. The van der Waals surface area contributed by atoms with Gasteiger partial charge in [-0.3, -0.25) is 4.79 Å². The van der Waals surface area contributed by atoms with Crippen molar-refractivity contribution in [2.75, 3.05) is 5.75 Å². The van der Waals surface area contributed by atoms with Crippen LogP contribution in [0.2, 0.25) is 0 Å². The van der Waals surface area contributed by atoms with Crippen LogP contribution < -0.4 is 0 Å². The van der Waals surface area contributed by atoms with Gasteiger partial charge in [-0.1, -0.05) is 43.9 Å². The molecule has 0 N–H and O–H groups in total. The number of carbonyl (C=O) groups excluding carboxylic acids is 1. The average Bonchev–Trinajstić information content (AvgIpc) is 2.81. The molecule has 1 nitrogen and oxygen atoms in total. The number of ketones is 1.